The molecule has 0 saturated carbocycles. The van der Waals surface area contributed by atoms with E-state index in [2.05, 4.69) is 5.32 Å². The van der Waals surface area contributed by atoms with Gasteiger partial charge in [-0.2, -0.15) is 0 Å². The average Bonchev–Trinajstić information content (AvgIpc) is 2.47. The Kier molecular flexibility index (Phi) is 2.51. The predicted molar refractivity (Wildman–Crippen MR) is 55.7 cm³/mol. The van der Waals surface area contributed by atoms with Gasteiger partial charge in [0.15, 0.2) is 0 Å². The first-order valence-corrected chi connectivity index (χ1v) is 5.23. The van der Waals surface area contributed by atoms with Crippen LogP contribution in [-0.4, -0.2) is 7.05 Å². The molecule has 0 aromatic heterocycles. The van der Waals surface area contributed by atoms with Crippen molar-refractivity contribution in [3.8, 4) is 0 Å². The first-order valence-electron chi connectivity index (χ1n) is 5.23. The third-order valence-corrected chi connectivity index (χ3v) is 3.57. The van der Waals surface area contributed by atoms with Crippen molar-refractivity contribution in [3.63, 3.8) is 0 Å². The van der Waals surface area contributed by atoms with Crippen molar-refractivity contribution in [3.05, 3.63) is 34.9 Å². The topological polar surface area (TPSA) is 12.0 Å². The number of hydrogen-bond acceptors (Lipinski definition) is 1. The Morgan fingerprint density at radius 1 is 1.07 bits per heavy atom. The van der Waals surface area contributed by atoms with Gasteiger partial charge in [-0.15, -0.1) is 0 Å². The molecule has 1 N–H and O–H groups in total. The summed E-state index contributed by atoms with van der Waals surface area (Å²) in [6.45, 7) is 3.97. The van der Waals surface area contributed by atoms with Crippen molar-refractivity contribution in [2.24, 2.45) is 5.92 Å². The van der Waals surface area contributed by atoms with Crippen LogP contribution in [0, 0.1) is 17.6 Å². The van der Waals surface area contributed by atoms with E-state index in [4.69, 9.17) is 0 Å². The van der Waals surface area contributed by atoms with E-state index in [1.165, 1.54) is 12.1 Å². The molecule has 1 aromatic carbocycles. The van der Waals surface area contributed by atoms with E-state index in [0.717, 1.165) is 0 Å². The van der Waals surface area contributed by atoms with Gasteiger partial charge in [0.05, 0.1) is 0 Å². The second-order valence-corrected chi connectivity index (χ2v) is 4.27. The summed E-state index contributed by atoms with van der Waals surface area (Å²) >= 11 is 0. The van der Waals surface area contributed by atoms with Crippen molar-refractivity contribution in [2.45, 2.75) is 25.8 Å². The number of benzene rings is 1. The van der Waals surface area contributed by atoms with Gasteiger partial charge < -0.3 is 5.32 Å². The summed E-state index contributed by atoms with van der Waals surface area (Å²) in [6, 6.07) is 2.35. The van der Waals surface area contributed by atoms with Gasteiger partial charge in [-0.05, 0) is 36.6 Å². The van der Waals surface area contributed by atoms with Crippen LogP contribution in [0.25, 0.3) is 0 Å². The average molecular weight is 211 g/mol. The minimum atomic E-state index is -0.304. The van der Waals surface area contributed by atoms with Gasteiger partial charge in [0.2, 0.25) is 0 Å². The molecule has 1 aliphatic carbocycles. The molecule has 0 bridgehead atoms. The second-order valence-electron chi connectivity index (χ2n) is 4.27. The molecule has 0 saturated heterocycles. The summed E-state index contributed by atoms with van der Waals surface area (Å²) in [4.78, 5) is 0. The van der Waals surface area contributed by atoms with Crippen LogP contribution in [0.15, 0.2) is 12.1 Å². The van der Waals surface area contributed by atoms with E-state index in [-0.39, 0.29) is 29.5 Å². The van der Waals surface area contributed by atoms with Crippen LogP contribution in [0.2, 0.25) is 0 Å². The fourth-order valence-corrected chi connectivity index (χ4v) is 2.58. The van der Waals surface area contributed by atoms with Crippen LogP contribution in [0.3, 0.4) is 0 Å². The highest BCUT2D eigenvalue weighted by Crippen LogP contribution is 2.46. The van der Waals surface area contributed by atoms with Gasteiger partial charge in [0.25, 0.3) is 0 Å². The Morgan fingerprint density at radius 2 is 1.60 bits per heavy atom. The summed E-state index contributed by atoms with van der Waals surface area (Å²) in [5.74, 6) is -0.310. The Labute approximate surface area is 88.5 Å². The zero-order chi connectivity index (χ0) is 11.2. The molecule has 0 amide bonds. The molecule has 15 heavy (non-hydrogen) atoms. The standard InChI is InChI=1S/C12H15F2N/c1-6-7(2)12(15-3)11-9(14)5-4-8(13)10(6)11/h4-7,12,15H,1-3H3. The van der Waals surface area contributed by atoms with Crippen molar-refractivity contribution in [1.82, 2.24) is 5.32 Å². The van der Waals surface area contributed by atoms with Gasteiger partial charge in [0.1, 0.15) is 11.6 Å². The molecule has 82 valence electrons. The van der Waals surface area contributed by atoms with Crippen LogP contribution in [0.1, 0.15) is 36.9 Å². The summed E-state index contributed by atoms with van der Waals surface area (Å²) in [7, 11) is 1.79. The van der Waals surface area contributed by atoms with Gasteiger partial charge in [0, 0.05) is 11.6 Å². The van der Waals surface area contributed by atoms with Crippen LogP contribution < -0.4 is 5.32 Å². The molecule has 3 atom stereocenters. The van der Waals surface area contributed by atoms with E-state index < -0.39 is 0 Å². The van der Waals surface area contributed by atoms with E-state index in [1.807, 2.05) is 13.8 Å². The number of halogens is 2. The van der Waals surface area contributed by atoms with E-state index >= 15 is 0 Å². The van der Waals surface area contributed by atoms with Gasteiger partial charge >= 0.3 is 0 Å². The van der Waals surface area contributed by atoms with Crippen molar-refractivity contribution >= 4 is 0 Å². The zero-order valence-electron chi connectivity index (χ0n) is 9.14. The lowest BCUT2D eigenvalue weighted by molar-refractivity contribution is 0.393. The first-order chi connectivity index (χ1) is 7.07. The summed E-state index contributed by atoms with van der Waals surface area (Å²) in [6.07, 6.45) is 0. The number of rotatable bonds is 1. The lowest BCUT2D eigenvalue weighted by atomic mass is 9.94. The molecule has 1 nitrogen and oxygen atoms in total. The normalized spacial score (nSPS) is 29.3. The molecular formula is C12H15F2N. The molecule has 0 spiro atoms. The number of hydrogen-bond donors (Lipinski definition) is 1. The van der Waals surface area contributed by atoms with Crippen LogP contribution in [-0.2, 0) is 0 Å². The fourth-order valence-electron chi connectivity index (χ4n) is 2.58. The van der Waals surface area contributed by atoms with Crippen LogP contribution >= 0.6 is 0 Å². The lowest BCUT2D eigenvalue weighted by Crippen LogP contribution is -2.21. The Balaban J connectivity index is 2.64. The number of nitrogens with one attached hydrogen (secondary N) is 1. The highest BCUT2D eigenvalue weighted by Gasteiger charge is 2.38. The quantitative estimate of drug-likeness (QED) is 0.753. The highest BCUT2D eigenvalue weighted by molar-refractivity contribution is 5.41. The second kappa shape index (κ2) is 3.56. The molecule has 0 heterocycles. The first kappa shape index (κ1) is 10.6. The Bertz CT molecular complexity index is 389. The van der Waals surface area contributed by atoms with Gasteiger partial charge in [-0.25, -0.2) is 8.78 Å². The van der Waals surface area contributed by atoms with Crippen molar-refractivity contribution < 1.29 is 8.78 Å². The van der Waals surface area contributed by atoms with Gasteiger partial charge in [-0.1, -0.05) is 13.8 Å². The third-order valence-electron chi connectivity index (χ3n) is 3.57. The van der Waals surface area contributed by atoms with Crippen LogP contribution in [0.4, 0.5) is 8.78 Å². The fraction of sp³-hybridized carbons (Fsp3) is 0.500. The largest absolute Gasteiger partial charge is 0.313 e. The smallest absolute Gasteiger partial charge is 0.128 e. The monoisotopic (exact) mass is 211 g/mol. The molecular weight excluding hydrogens is 196 g/mol. The van der Waals surface area contributed by atoms with Crippen molar-refractivity contribution in [2.75, 3.05) is 7.05 Å². The molecule has 0 aliphatic heterocycles. The van der Waals surface area contributed by atoms with E-state index in [1.54, 1.807) is 7.05 Å². The van der Waals surface area contributed by atoms with Crippen molar-refractivity contribution in [1.29, 1.82) is 0 Å². The molecule has 0 fully saturated rings. The van der Waals surface area contributed by atoms with Crippen LogP contribution in [0.5, 0.6) is 0 Å². The number of fused-ring (bicyclic) bond motifs is 1. The molecule has 3 unspecified atom stereocenters. The Hall–Kier alpha value is -0.960. The highest BCUT2D eigenvalue weighted by atomic mass is 19.1. The maximum absolute atomic E-state index is 13.6. The maximum atomic E-state index is 13.6. The molecule has 2 rings (SSSR count). The Morgan fingerprint density at radius 3 is 2.13 bits per heavy atom. The van der Waals surface area contributed by atoms with E-state index in [0.29, 0.717) is 11.1 Å². The van der Waals surface area contributed by atoms with E-state index in [9.17, 15) is 8.78 Å². The zero-order valence-corrected chi connectivity index (χ0v) is 9.14. The molecule has 1 aliphatic rings. The predicted octanol–water partition coefficient (Wildman–Crippen LogP) is 2.98. The molecule has 1 aromatic rings. The minimum Gasteiger partial charge on any atom is -0.313 e. The molecule has 3 heteroatoms. The maximum Gasteiger partial charge on any atom is 0.128 e. The third kappa shape index (κ3) is 1.37. The molecule has 0 radical (unpaired) electrons. The summed E-state index contributed by atoms with van der Waals surface area (Å²) < 4.78 is 27.3. The summed E-state index contributed by atoms with van der Waals surface area (Å²) in [5, 5.41) is 3.06. The van der Waals surface area contributed by atoms with Gasteiger partial charge in [-0.3, -0.25) is 0 Å². The SMILES string of the molecule is CNC1c2c(F)ccc(F)c2C(C)C1C. The summed E-state index contributed by atoms with van der Waals surface area (Å²) in [5.41, 5.74) is 1.05. The minimum absolute atomic E-state index is 0.0631. The lowest BCUT2D eigenvalue weighted by Gasteiger charge is -2.17.